The number of rotatable bonds is 1. The van der Waals surface area contributed by atoms with Gasteiger partial charge in [0, 0.05) is 6.42 Å². The summed E-state index contributed by atoms with van der Waals surface area (Å²) in [6.07, 6.45) is -2.78. The molecule has 0 radical (unpaired) electrons. The van der Waals surface area contributed by atoms with Crippen LogP contribution in [0, 0.1) is 5.41 Å². The quantitative estimate of drug-likeness (QED) is 0.339. The molecule has 0 unspecified atom stereocenters. The summed E-state index contributed by atoms with van der Waals surface area (Å²) in [6.45, 7) is 0. The second kappa shape index (κ2) is 3.15. The monoisotopic (exact) mass is 186 g/mol. The molecule has 6 N–H and O–H groups in total. The Labute approximate surface area is 73.8 Å². The van der Waals surface area contributed by atoms with Crippen LogP contribution in [0.2, 0.25) is 0 Å². The molecule has 1 rings (SSSR count). The van der Waals surface area contributed by atoms with Gasteiger partial charge < -0.3 is 26.5 Å². The molecule has 72 valence electrons. The molecule has 2 atom stereocenters. The predicted molar refractivity (Wildman–Crippen MR) is 43.2 cm³/mol. The molecule has 1 aliphatic carbocycles. The lowest BCUT2D eigenvalue weighted by Gasteiger charge is -2.24. The number of hydrogen-bond donors (Lipinski definition) is 5. The van der Waals surface area contributed by atoms with Crippen LogP contribution in [0.4, 0.5) is 0 Å². The molecule has 0 aliphatic heterocycles. The minimum absolute atomic E-state index is 0.193. The Morgan fingerprint density at radius 1 is 1.46 bits per heavy atom. The molecule has 6 nitrogen and oxygen atoms in total. The van der Waals surface area contributed by atoms with E-state index in [0.29, 0.717) is 0 Å². The maximum absolute atomic E-state index is 10.7. The van der Waals surface area contributed by atoms with Crippen LogP contribution in [-0.4, -0.2) is 39.1 Å². The maximum atomic E-state index is 10.7. The van der Waals surface area contributed by atoms with Crippen LogP contribution in [0.25, 0.3) is 0 Å². The molecule has 0 spiro atoms. The Morgan fingerprint density at radius 2 is 2.00 bits per heavy atom. The fourth-order valence-electron chi connectivity index (χ4n) is 1.17. The number of hydrogen-bond acceptors (Lipinski definition) is 5. The van der Waals surface area contributed by atoms with E-state index in [9.17, 15) is 9.90 Å². The average Bonchev–Trinajstić information content (AvgIpc) is 2.01. The van der Waals surface area contributed by atoms with Crippen molar-refractivity contribution in [3.8, 4) is 0 Å². The van der Waals surface area contributed by atoms with Gasteiger partial charge in [-0.05, 0) is 0 Å². The molecule has 0 fully saturated rings. The lowest BCUT2D eigenvalue weighted by atomic mass is 9.91. The molecular weight excluding hydrogens is 176 g/mol. The first-order valence-electron chi connectivity index (χ1n) is 3.63. The Morgan fingerprint density at radius 3 is 2.46 bits per heavy atom. The molecule has 1 amide bonds. The molecule has 0 aromatic carbocycles. The molecule has 6 heteroatoms. The molecule has 0 heterocycles. The van der Waals surface area contributed by atoms with Crippen LogP contribution in [0.3, 0.4) is 0 Å². The summed E-state index contributed by atoms with van der Waals surface area (Å²) in [4.78, 5) is 10.7. The number of aliphatic hydroxyl groups excluding tert-OH is 3. The molecule has 0 bridgehead atoms. The van der Waals surface area contributed by atoms with E-state index >= 15 is 0 Å². The highest BCUT2D eigenvalue weighted by molar-refractivity contribution is 6.22. The molecular formula is C7H10N2O4. The van der Waals surface area contributed by atoms with Crippen LogP contribution in [0.5, 0.6) is 0 Å². The van der Waals surface area contributed by atoms with E-state index in [1.165, 1.54) is 0 Å². The molecule has 0 saturated carbocycles. The van der Waals surface area contributed by atoms with Crippen LogP contribution in [0.1, 0.15) is 6.42 Å². The van der Waals surface area contributed by atoms with Gasteiger partial charge in [-0.2, -0.15) is 0 Å². The summed E-state index contributed by atoms with van der Waals surface area (Å²) in [5, 5.41) is 34.7. The van der Waals surface area contributed by atoms with Crippen molar-refractivity contribution in [2.75, 3.05) is 0 Å². The number of carbonyl (C=O) groups excluding carboxylic acids is 1. The van der Waals surface area contributed by atoms with E-state index in [-0.39, 0.29) is 6.42 Å². The van der Waals surface area contributed by atoms with E-state index in [1.807, 2.05) is 0 Å². The van der Waals surface area contributed by atoms with Gasteiger partial charge in [-0.15, -0.1) is 0 Å². The molecule has 13 heavy (non-hydrogen) atoms. The van der Waals surface area contributed by atoms with E-state index in [1.54, 1.807) is 0 Å². The topological polar surface area (TPSA) is 128 Å². The number of primary amides is 1. The van der Waals surface area contributed by atoms with E-state index in [2.05, 4.69) is 0 Å². The van der Waals surface area contributed by atoms with E-state index in [4.69, 9.17) is 21.4 Å². The van der Waals surface area contributed by atoms with Gasteiger partial charge in [0.05, 0.1) is 11.8 Å². The number of carbonyl (C=O) groups is 1. The second-order valence-electron chi connectivity index (χ2n) is 2.81. The van der Waals surface area contributed by atoms with Gasteiger partial charge >= 0.3 is 0 Å². The van der Waals surface area contributed by atoms with Crippen molar-refractivity contribution in [2.24, 2.45) is 5.73 Å². The first-order chi connectivity index (χ1) is 5.95. The van der Waals surface area contributed by atoms with Gasteiger partial charge in [0.2, 0.25) is 0 Å². The maximum Gasteiger partial charge on any atom is 0.254 e. The van der Waals surface area contributed by atoms with Crippen molar-refractivity contribution in [2.45, 2.75) is 18.6 Å². The standard InChI is InChI=1S/C7H10N2O4/c8-5-2(10)1-3(11)6(12)4(5)7(9)13/h2-3,8,10-12H,1H2,(H2,9,13)/t2-,3-/m0/s1. The highest BCUT2D eigenvalue weighted by Gasteiger charge is 2.33. The zero-order valence-corrected chi connectivity index (χ0v) is 6.69. The van der Waals surface area contributed by atoms with E-state index < -0.39 is 35.2 Å². The number of nitrogens with one attached hydrogen (secondary N) is 1. The Balaban J connectivity index is 3.16. The number of aliphatic hydroxyl groups is 3. The number of nitrogens with two attached hydrogens (primary N) is 1. The average molecular weight is 186 g/mol. The summed E-state index contributed by atoms with van der Waals surface area (Å²) in [5.74, 6) is -1.66. The number of amides is 1. The predicted octanol–water partition coefficient (Wildman–Crippen LogP) is -1.57. The van der Waals surface area contributed by atoms with Gasteiger partial charge in [0.25, 0.3) is 5.91 Å². The molecule has 1 aliphatic rings. The van der Waals surface area contributed by atoms with Gasteiger partial charge in [0.15, 0.2) is 0 Å². The summed E-state index contributed by atoms with van der Waals surface area (Å²) in [6, 6.07) is 0. The zero-order valence-electron chi connectivity index (χ0n) is 6.69. The molecule has 0 aromatic heterocycles. The third kappa shape index (κ3) is 1.53. The third-order valence-corrected chi connectivity index (χ3v) is 1.87. The van der Waals surface area contributed by atoms with Gasteiger partial charge in [-0.3, -0.25) is 4.79 Å². The first kappa shape index (κ1) is 9.69. The van der Waals surface area contributed by atoms with Crippen LogP contribution >= 0.6 is 0 Å². The Bertz CT molecular complexity index is 297. The smallest absolute Gasteiger partial charge is 0.254 e. The Hall–Kier alpha value is -1.40. The van der Waals surface area contributed by atoms with Crippen LogP contribution in [0.15, 0.2) is 11.3 Å². The van der Waals surface area contributed by atoms with Crippen molar-refractivity contribution >= 4 is 11.6 Å². The van der Waals surface area contributed by atoms with Crippen molar-refractivity contribution in [3.05, 3.63) is 11.3 Å². The minimum atomic E-state index is -1.33. The normalized spacial score (nSPS) is 29.2. The van der Waals surface area contributed by atoms with Crippen molar-refractivity contribution < 1.29 is 20.1 Å². The zero-order chi connectivity index (χ0) is 10.2. The molecule has 0 aromatic rings. The van der Waals surface area contributed by atoms with Crippen LogP contribution < -0.4 is 5.73 Å². The first-order valence-corrected chi connectivity index (χ1v) is 3.63. The summed E-state index contributed by atoms with van der Waals surface area (Å²) in [7, 11) is 0. The minimum Gasteiger partial charge on any atom is -0.509 e. The summed E-state index contributed by atoms with van der Waals surface area (Å²) < 4.78 is 0. The lowest BCUT2D eigenvalue weighted by molar-refractivity contribution is -0.114. The van der Waals surface area contributed by atoms with Crippen molar-refractivity contribution in [3.63, 3.8) is 0 Å². The fraction of sp³-hybridized carbons (Fsp3) is 0.429. The lowest BCUT2D eigenvalue weighted by Crippen LogP contribution is -2.39. The summed E-state index contributed by atoms with van der Waals surface area (Å²) in [5.41, 5.74) is 3.91. The Kier molecular flexibility index (Phi) is 2.35. The van der Waals surface area contributed by atoms with E-state index in [0.717, 1.165) is 0 Å². The largest absolute Gasteiger partial charge is 0.509 e. The SMILES string of the molecule is N=C1C(C(N)=O)=C(O)[C@@H](O)C[C@@H]1O. The van der Waals surface area contributed by atoms with Crippen molar-refractivity contribution in [1.29, 1.82) is 5.41 Å². The van der Waals surface area contributed by atoms with Gasteiger partial charge in [0.1, 0.15) is 17.4 Å². The molecule has 0 saturated heterocycles. The summed E-state index contributed by atoms with van der Waals surface area (Å²) >= 11 is 0. The van der Waals surface area contributed by atoms with Gasteiger partial charge in [-0.25, -0.2) is 0 Å². The fourth-order valence-corrected chi connectivity index (χ4v) is 1.17. The third-order valence-electron chi connectivity index (χ3n) is 1.87. The highest BCUT2D eigenvalue weighted by Crippen LogP contribution is 2.20. The highest BCUT2D eigenvalue weighted by atomic mass is 16.3. The van der Waals surface area contributed by atoms with Gasteiger partial charge in [-0.1, -0.05) is 0 Å². The van der Waals surface area contributed by atoms with Crippen molar-refractivity contribution in [1.82, 2.24) is 0 Å². The van der Waals surface area contributed by atoms with Crippen LogP contribution in [-0.2, 0) is 4.79 Å². The second-order valence-corrected chi connectivity index (χ2v) is 2.81.